The van der Waals surface area contributed by atoms with E-state index >= 15 is 0 Å². The van der Waals surface area contributed by atoms with Crippen molar-refractivity contribution in [3.8, 4) is 0 Å². The minimum Gasteiger partial charge on any atom is -0.409 e. The third-order valence-electron chi connectivity index (χ3n) is 3.56. The number of oxime groups is 1. The summed E-state index contributed by atoms with van der Waals surface area (Å²) in [5.41, 5.74) is 7.12. The van der Waals surface area contributed by atoms with Crippen LogP contribution in [-0.2, 0) is 11.3 Å². The highest BCUT2D eigenvalue weighted by Crippen LogP contribution is 2.20. The lowest BCUT2D eigenvalue weighted by Crippen LogP contribution is -2.36. The number of likely N-dealkylation sites (N-methyl/N-ethyl adjacent to an activating group) is 1. The van der Waals surface area contributed by atoms with Gasteiger partial charge in [-0.2, -0.15) is 0 Å². The maximum atomic E-state index is 8.79. The molecule has 1 aliphatic rings. The van der Waals surface area contributed by atoms with Crippen molar-refractivity contribution in [2.75, 3.05) is 13.7 Å². The molecule has 1 saturated heterocycles. The van der Waals surface area contributed by atoms with Gasteiger partial charge >= 0.3 is 0 Å². The van der Waals surface area contributed by atoms with E-state index in [2.05, 4.69) is 29.0 Å². The van der Waals surface area contributed by atoms with Crippen molar-refractivity contribution in [2.45, 2.75) is 32.0 Å². The molecule has 2 rings (SSSR count). The van der Waals surface area contributed by atoms with E-state index in [1.54, 1.807) is 6.20 Å². The molecule has 2 unspecified atom stereocenters. The molecule has 0 aromatic carbocycles. The molecule has 6 heteroatoms. The summed E-state index contributed by atoms with van der Waals surface area (Å²) in [5, 5.41) is 11.8. The summed E-state index contributed by atoms with van der Waals surface area (Å²) in [7, 11) is 2.05. The molecule has 6 nitrogen and oxygen atoms in total. The number of ether oxygens (including phenoxy) is 1. The van der Waals surface area contributed by atoms with Gasteiger partial charge < -0.3 is 15.7 Å². The van der Waals surface area contributed by atoms with Crippen LogP contribution in [0.15, 0.2) is 23.5 Å². The highest BCUT2D eigenvalue weighted by molar-refractivity contribution is 5.96. The Hall–Kier alpha value is -1.66. The molecule has 1 fully saturated rings. The van der Waals surface area contributed by atoms with E-state index in [-0.39, 0.29) is 11.9 Å². The van der Waals surface area contributed by atoms with Crippen molar-refractivity contribution < 1.29 is 9.94 Å². The fourth-order valence-electron chi connectivity index (χ4n) is 2.53. The SMILES string of the molecule is CC1OCCC1N(C)Cc1cccnc1/C(N)=N/O. The molecule has 0 radical (unpaired) electrons. The summed E-state index contributed by atoms with van der Waals surface area (Å²) in [6, 6.07) is 4.18. The van der Waals surface area contributed by atoms with Crippen molar-refractivity contribution in [2.24, 2.45) is 10.9 Å². The van der Waals surface area contributed by atoms with Gasteiger partial charge in [0, 0.05) is 25.4 Å². The van der Waals surface area contributed by atoms with Gasteiger partial charge in [0.05, 0.1) is 6.10 Å². The molecule has 1 aliphatic heterocycles. The first-order chi connectivity index (χ1) is 9.13. The van der Waals surface area contributed by atoms with Crippen molar-refractivity contribution in [1.29, 1.82) is 0 Å². The molecule has 19 heavy (non-hydrogen) atoms. The van der Waals surface area contributed by atoms with Crippen LogP contribution in [-0.4, -0.2) is 46.7 Å². The van der Waals surface area contributed by atoms with Gasteiger partial charge in [0.25, 0.3) is 0 Å². The van der Waals surface area contributed by atoms with Gasteiger partial charge in [-0.05, 0) is 32.0 Å². The Morgan fingerprint density at radius 1 is 1.68 bits per heavy atom. The van der Waals surface area contributed by atoms with E-state index in [0.29, 0.717) is 18.3 Å². The van der Waals surface area contributed by atoms with Crippen LogP contribution in [0.3, 0.4) is 0 Å². The molecule has 1 aromatic heterocycles. The predicted molar refractivity (Wildman–Crippen MR) is 72.0 cm³/mol. The van der Waals surface area contributed by atoms with Crippen LogP contribution in [0.4, 0.5) is 0 Å². The second-order valence-corrected chi connectivity index (χ2v) is 4.84. The molecule has 0 saturated carbocycles. The molecule has 2 heterocycles. The predicted octanol–water partition coefficient (Wildman–Crippen LogP) is 0.785. The maximum absolute atomic E-state index is 8.79. The van der Waals surface area contributed by atoms with Crippen molar-refractivity contribution in [3.63, 3.8) is 0 Å². The first-order valence-electron chi connectivity index (χ1n) is 6.37. The number of pyridine rings is 1. The standard InChI is InChI=1S/C13H20N4O2/c1-9-11(5-7-19-9)17(2)8-10-4-3-6-15-12(10)13(14)16-18/h3-4,6,9,11,18H,5,7-8H2,1-2H3,(H2,14,16). The smallest absolute Gasteiger partial charge is 0.189 e. The quantitative estimate of drug-likeness (QED) is 0.363. The number of hydrogen-bond acceptors (Lipinski definition) is 5. The fraction of sp³-hybridized carbons (Fsp3) is 0.538. The Morgan fingerprint density at radius 2 is 2.47 bits per heavy atom. The van der Waals surface area contributed by atoms with Gasteiger partial charge in [0.2, 0.25) is 0 Å². The van der Waals surface area contributed by atoms with Gasteiger partial charge in [-0.15, -0.1) is 0 Å². The Kier molecular flexibility index (Phi) is 4.34. The van der Waals surface area contributed by atoms with Crippen molar-refractivity contribution in [1.82, 2.24) is 9.88 Å². The second-order valence-electron chi connectivity index (χ2n) is 4.84. The van der Waals surface area contributed by atoms with Gasteiger partial charge in [0.1, 0.15) is 5.69 Å². The van der Waals surface area contributed by atoms with Crippen molar-refractivity contribution in [3.05, 3.63) is 29.6 Å². The van der Waals surface area contributed by atoms with E-state index in [9.17, 15) is 0 Å². The monoisotopic (exact) mass is 264 g/mol. The fourth-order valence-corrected chi connectivity index (χ4v) is 2.53. The van der Waals surface area contributed by atoms with Crippen LogP contribution >= 0.6 is 0 Å². The average Bonchev–Trinajstić information content (AvgIpc) is 2.85. The summed E-state index contributed by atoms with van der Waals surface area (Å²) >= 11 is 0. The second kappa shape index (κ2) is 5.99. The van der Waals surface area contributed by atoms with E-state index in [4.69, 9.17) is 15.7 Å². The van der Waals surface area contributed by atoms with E-state index < -0.39 is 0 Å². The zero-order valence-corrected chi connectivity index (χ0v) is 11.3. The molecule has 0 spiro atoms. The summed E-state index contributed by atoms with van der Waals surface area (Å²) in [6.07, 6.45) is 2.89. The first-order valence-corrected chi connectivity index (χ1v) is 6.37. The van der Waals surface area contributed by atoms with Crippen LogP contribution in [0.25, 0.3) is 0 Å². The molecule has 2 atom stereocenters. The normalized spacial score (nSPS) is 24.1. The molecule has 3 N–H and O–H groups in total. The topological polar surface area (TPSA) is 84.0 Å². The number of rotatable bonds is 4. The van der Waals surface area contributed by atoms with Crippen LogP contribution in [0, 0.1) is 0 Å². The molecule has 1 aromatic rings. The van der Waals surface area contributed by atoms with Gasteiger partial charge in [-0.3, -0.25) is 9.88 Å². The summed E-state index contributed by atoms with van der Waals surface area (Å²) in [6.45, 7) is 3.58. The van der Waals surface area contributed by atoms with Crippen molar-refractivity contribution >= 4 is 5.84 Å². The number of hydrogen-bond donors (Lipinski definition) is 2. The summed E-state index contributed by atoms with van der Waals surface area (Å²) in [5.74, 6) is 0.0414. The number of amidine groups is 1. The average molecular weight is 264 g/mol. The van der Waals surface area contributed by atoms with Gasteiger partial charge in [-0.25, -0.2) is 0 Å². The molecular weight excluding hydrogens is 244 g/mol. The minimum atomic E-state index is 0.0414. The Bertz CT molecular complexity index is 464. The van der Waals surface area contributed by atoms with Crippen LogP contribution < -0.4 is 5.73 Å². The van der Waals surface area contributed by atoms with E-state index in [1.807, 2.05) is 12.1 Å². The first kappa shape index (κ1) is 13.8. The van der Waals surface area contributed by atoms with E-state index in [0.717, 1.165) is 18.6 Å². The molecule has 0 amide bonds. The van der Waals surface area contributed by atoms with Gasteiger partial charge in [0.15, 0.2) is 5.84 Å². The Morgan fingerprint density at radius 3 is 3.11 bits per heavy atom. The third kappa shape index (κ3) is 3.02. The number of aromatic nitrogens is 1. The van der Waals surface area contributed by atoms with Crippen LogP contribution in [0.2, 0.25) is 0 Å². The summed E-state index contributed by atoms with van der Waals surface area (Å²) in [4.78, 5) is 6.40. The largest absolute Gasteiger partial charge is 0.409 e. The lowest BCUT2D eigenvalue weighted by atomic mass is 10.1. The highest BCUT2D eigenvalue weighted by Gasteiger charge is 2.28. The number of nitrogens with zero attached hydrogens (tertiary/aromatic N) is 3. The van der Waals surface area contributed by atoms with Gasteiger partial charge in [-0.1, -0.05) is 11.2 Å². The molecular formula is C13H20N4O2. The maximum Gasteiger partial charge on any atom is 0.189 e. The summed E-state index contributed by atoms with van der Waals surface area (Å²) < 4.78 is 5.58. The minimum absolute atomic E-state index is 0.0414. The molecule has 0 aliphatic carbocycles. The lowest BCUT2D eigenvalue weighted by molar-refractivity contribution is 0.0814. The zero-order valence-electron chi connectivity index (χ0n) is 11.3. The lowest BCUT2D eigenvalue weighted by Gasteiger charge is -2.27. The third-order valence-corrected chi connectivity index (χ3v) is 3.56. The highest BCUT2D eigenvalue weighted by atomic mass is 16.5. The zero-order chi connectivity index (χ0) is 13.8. The Labute approximate surface area is 112 Å². The molecule has 0 bridgehead atoms. The van der Waals surface area contributed by atoms with E-state index in [1.165, 1.54) is 0 Å². The molecule has 104 valence electrons. The van der Waals surface area contributed by atoms with Crippen LogP contribution in [0.5, 0.6) is 0 Å². The number of nitrogens with two attached hydrogens (primary N) is 1. The van der Waals surface area contributed by atoms with Crippen LogP contribution in [0.1, 0.15) is 24.6 Å². The Balaban J connectivity index is 2.14.